The van der Waals surface area contributed by atoms with Crippen molar-refractivity contribution in [3.63, 3.8) is 0 Å². The molecule has 0 N–H and O–H groups in total. The number of aromatic nitrogens is 2. The maximum atomic E-state index is 14.7. The van der Waals surface area contributed by atoms with Gasteiger partial charge in [0.2, 0.25) is 5.95 Å². The summed E-state index contributed by atoms with van der Waals surface area (Å²) < 4.78 is 15.8. The average molecular weight is 412 g/mol. The Hall–Kier alpha value is -1.59. The van der Waals surface area contributed by atoms with Crippen molar-refractivity contribution in [3.8, 4) is 0 Å². The zero-order valence-electron chi connectivity index (χ0n) is 15.8. The smallest absolute Gasteiger partial charge is 0.261 e. The summed E-state index contributed by atoms with van der Waals surface area (Å²) in [4.78, 5) is 15.3. The summed E-state index contributed by atoms with van der Waals surface area (Å²) in [6, 6.07) is 5.23. The first-order chi connectivity index (χ1) is 12.9. The minimum absolute atomic E-state index is 0.0816. The molecule has 27 heavy (non-hydrogen) atoms. The SMILES string of the molecule is CCCC(c1ccc(Cl)cc1Cl)N(C(=O)c1c(CC)nn(C)c1F)C1CC1. The number of amides is 1. The molecule has 7 heteroatoms. The molecule has 4 nitrogen and oxygen atoms in total. The van der Waals surface area contributed by atoms with Crippen LogP contribution < -0.4 is 0 Å². The molecule has 146 valence electrons. The number of hydrogen-bond donors (Lipinski definition) is 0. The predicted molar refractivity (Wildman–Crippen MR) is 106 cm³/mol. The zero-order valence-corrected chi connectivity index (χ0v) is 17.3. The molecule has 0 saturated heterocycles. The highest BCUT2D eigenvalue weighted by molar-refractivity contribution is 6.35. The summed E-state index contributed by atoms with van der Waals surface area (Å²) in [7, 11) is 1.52. The molecule has 0 spiro atoms. The van der Waals surface area contributed by atoms with Gasteiger partial charge in [-0.15, -0.1) is 0 Å². The van der Waals surface area contributed by atoms with Crippen molar-refractivity contribution in [3.05, 3.63) is 51.0 Å². The van der Waals surface area contributed by atoms with Crippen LogP contribution in [0.25, 0.3) is 0 Å². The van der Waals surface area contributed by atoms with Gasteiger partial charge in [-0.1, -0.05) is 49.5 Å². The molecule has 1 amide bonds. The van der Waals surface area contributed by atoms with Crippen LogP contribution in [0.3, 0.4) is 0 Å². The molecule has 2 aromatic rings. The van der Waals surface area contributed by atoms with Crippen molar-refractivity contribution < 1.29 is 9.18 Å². The lowest BCUT2D eigenvalue weighted by molar-refractivity contribution is 0.0640. The molecule has 1 aromatic heterocycles. The van der Waals surface area contributed by atoms with Crippen molar-refractivity contribution in [2.24, 2.45) is 7.05 Å². The normalized spacial score (nSPS) is 15.0. The third-order valence-corrected chi connectivity index (χ3v) is 5.56. The third kappa shape index (κ3) is 3.99. The van der Waals surface area contributed by atoms with Crippen LogP contribution in [0.1, 0.15) is 67.2 Å². The van der Waals surface area contributed by atoms with Gasteiger partial charge in [0.1, 0.15) is 5.56 Å². The predicted octanol–water partition coefficient (Wildman–Crippen LogP) is 5.57. The van der Waals surface area contributed by atoms with E-state index in [0.29, 0.717) is 22.2 Å². The van der Waals surface area contributed by atoms with Gasteiger partial charge in [0, 0.05) is 23.1 Å². The Morgan fingerprint density at radius 1 is 1.37 bits per heavy atom. The Labute approximate surface area is 169 Å². The lowest BCUT2D eigenvalue weighted by atomic mass is 9.99. The van der Waals surface area contributed by atoms with Crippen molar-refractivity contribution in [2.75, 3.05) is 0 Å². The quantitative estimate of drug-likeness (QED) is 0.596. The van der Waals surface area contributed by atoms with Gasteiger partial charge in [-0.25, -0.2) is 4.68 Å². The van der Waals surface area contributed by atoms with Crippen molar-refractivity contribution in [2.45, 2.75) is 58.0 Å². The fraction of sp³-hybridized carbons (Fsp3) is 0.500. The van der Waals surface area contributed by atoms with Gasteiger partial charge in [-0.2, -0.15) is 9.49 Å². The van der Waals surface area contributed by atoms with Crippen LogP contribution in [0.4, 0.5) is 4.39 Å². The van der Waals surface area contributed by atoms with Crippen LogP contribution >= 0.6 is 23.2 Å². The Bertz CT molecular complexity index is 848. The van der Waals surface area contributed by atoms with Crippen LogP contribution in [0.2, 0.25) is 10.0 Å². The highest BCUT2D eigenvalue weighted by Crippen LogP contribution is 2.41. The number of halogens is 3. The highest BCUT2D eigenvalue weighted by Gasteiger charge is 2.41. The van der Waals surface area contributed by atoms with E-state index in [1.807, 2.05) is 17.9 Å². The van der Waals surface area contributed by atoms with Crippen molar-refractivity contribution in [1.29, 1.82) is 0 Å². The lowest BCUT2D eigenvalue weighted by Crippen LogP contribution is -2.37. The second-order valence-corrected chi connectivity index (χ2v) is 7.85. The van der Waals surface area contributed by atoms with Gasteiger partial charge in [-0.3, -0.25) is 4.79 Å². The fourth-order valence-corrected chi connectivity index (χ4v) is 4.08. The molecular formula is C20H24Cl2FN3O. The number of hydrogen-bond acceptors (Lipinski definition) is 2. The summed E-state index contributed by atoms with van der Waals surface area (Å²) in [6.07, 6.45) is 3.95. The van der Waals surface area contributed by atoms with Crippen LogP contribution in [-0.2, 0) is 13.5 Å². The van der Waals surface area contributed by atoms with Crippen molar-refractivity contribution in [1.82, 2.24) is 14.7 Å². The first-order valence-electron chi connectivity index (χ1n) is 9.37. The first-order valence-corrected chi connectivity index (χ1v) is 10.1. The van der Waals surface area contributed by atoms with Crippen LogP contribution in [0.15, 0.2) is 18.2 Å². The molecule has 1 saturated carbocycles. The van der Waals surface area contributed by atoms with Gasteiger partial charge in [-0.05, 0) is 43.4 Å². The summed E-state index contributed by atoms with van der Waals surface area (Å²) >= 11 is 12.5. The molecule has 3 rings (SSSR count). The number of rotatable bonds is 7. The maximum Gasteiger partial charge on any atom is 0.261 e. The molecule has 1 atom stereocenters. The molecule has 0 aliphatic heterocycles. The van der Waals surface area contributed by atoms with E-state index in [9.17, 15) is 9.18 Å². The van der Waals surface area contributed by atoms with Gasteiger partial charge in [0.05, 0.1) is 11.7 Å². The topological polar surface area (TPSA) is 38.1 Å². The van der Waals surface area contributed by atoms with Gasteiger partial charge in [0.15, 0.2) is 0 Å². The molecular weight excluding hydrogens is 388 g/mol. The van der Waals surface area contributed by atoms with E-state index in [2.05, 4.69) is 12.0 Å². The van der Waals surface area contributed by atoms with E-state index in [4.69, 9.17) is 23.2 Å². The molecule has 1 unspecified atom stereocenters. The third-order valence-electron chi connectivity index (χ3n) is 4.99. The van der Waals surface area contributed by atoms with E-state index in [-0.39, 0.29) is 23.6 Å². The van der Waals surface area contributed by atoms with Crippen molar-refractivity contribution >= 4 is 29.1 Å². The molecule has 1 aliphatic rings. The lowest BCUT2D eigenvalue weighted by Gasteiger charge is -2.33. The number of benzene rings is 1. The highest BCUT2D eigenvalue weighted by atomic mass is 35.5. The number of carbonyl (C=O) groups is 1. The van der Waals surface area contributed by atoms with E-state index < -0.39 is 5.95 Å². The Morgan fingerprint density at radius 2 is 2.07 bits per heavy atom. The van der Waals surface area contributed by atoms with E-state index in [1.54, 1.807) is 12.1 Å². The van der Waals surface area contributed by atoms with Gasteiger partial charge >= 0.3 is 0 Å². The Balaban J connectivity index is 2.06. The second kappa shape index (κ2) is 8.19. The standard InChI is InChI=1S/C20H24Cl2FN3O/c1-4-6-17(14-10-7-12(21)11-15(14)22)26(13-8-9-13)20(27)18-16(5-2)24-25(3)19(18)23/h7,10-11,13,17H,4-6,8-9H2,1-3H3. The summed E-state index contributed by atoms with van der Waals surface area (Å²) in [5.41, 5.74) is 1.42. The maximum absolute atomic E-state index is 14.7. The monoisotopic (exact) mass is 411 g/mol. The molecule has 0 radical (unpaired) electrons. The molecule has 0 bridgehead atoms. The van der Waals surface area contributed by atoms with E-state index in [0.717, 1.165) is 35.9 Å². The fourth-order valence-electron chi connectivity index (χ4n) is 3.55. The molecule has 1 aromatic carbocycles. The van der Waals surface area contributed by atoms with Crippen LogP contribution in [-0.4, -0.2) is 26.6 Å². The molecule has 1 heterocycles. The number of nitrogens with zero attached hydrogens (tertiary/aromatic N) is 3. The van der Waals surface area contributed by atoms with Gasteiger partial charge in [0.25, 0.3) is 5.91 Å². The van der Waals surface area contributed by atoms with E-state index >= 15 is 0 Å². The first kappa shape index (κ1) is 20.2. The molecule has 1 fully saturated rings. The number of aryl methyl sites for hydroxylation is 2. The summed E-state index contributed by atoms with van der Waals surface area (Å²) in [5.74, 6) is -0.885. The summed E-state index contributed by atoms with van der Waals surface area (Å²) in [6.45, 7) is 3.94. The minimum atomic E-state index is -0.583. The Kier molecular flexibility index (Phi) is 6.11. The second-order valence-electron chi connectivity index (χ2n) is 7.00. The Morgan fingerprint density at radius 3 is 2.63 bits per heavy atom. The minimum Gasteiger partial charge on any atom is -0.328 e. The number of carbonyl (C=O) groups excluding carboxylic acids is 1. The van der Waals surface area contributed by atoms with Crippen LogP contribution in [0, 0.1) is 5.95 Å². The summed E-state index contributed by atoms with van der Waals surface area (Å²) in [5, 5.41) is 5.25. The van der Waals surface area contributed by atoms with E-state index in [1.165, 1.54) is 7.05 Å². The largest absolute Gasteiger partial charge is 0.328 e. The zero-order chi connectivity index (χ0) is 19.7. The average Bonchev–Trinajstić information content (AvgIpc) is 3.41. The van der Waals surface area contributed by atoms with Gasteiger partial charge < -0.3 is 4.90 Å². The van der Waals surface area contributed by atoms with Crippen LogP contribution in [0.5, 0.6) is 0 Å². The molecule has 1 aliphatic carbocycles.